The Hall–Kier alpha value is -1.49. The average Bonchev–Trinajstić information content (AvgIpc) is 2.31. The summed E-state index contributed by atoms with van der Waals surface area (Å²) in [7, 11) is 0. The number of aryl methyl sites for hydroxylation is 1. The van der Waals surface area contributed by atoms with Crippen molar-refractivity contribution in [2.45, 2.75) is 32.7 Å². The minimum atomic E-state index is -0.328. The Balaban J connectivity index is 2.80. The molecule has 0 aliphatic carbocycles. The Labute approximate surface area is 112 Å². The van der Waals surface area contributed by atoms with Gasteiger partial charge in [0.15, 0.2) is 0 Å². The van der Waals surface area contributed by atoms with Gasteiger partial charge in [-0.1, -0.05) is 25.6 Å². The maximum atomic E-state index is 13.1. The van der Waals surface area contributed by atoms with E-state index in [2.05, 4.69) is 5.32 Å². The molecule has 18 heavy (non-hydrogen) atoms. The third kappa shape index (κ3) is 3.77. The number of carbonyl (C=O) groups is 1. The third-order valence-corrected chi connectivity index (χ3v) is 2.93. The predicted octanol–water partition coefficient (Wildman–Crippen LogP) is 2.32. The molecule has 1 aromatic carbocycles. The van der Waals surface area contributed by atoms with Crippen LogP contribution in [0.25, 0.3) is 0 Å². The Morgan fingerprint density at radius 2 is 2.22 bits per heavy atom. The highest BCUT2D eigenvalue weighted by molar-refractivity contribution is 7.80. The molecule has 1 unspecified atom stereocenters. The van der Waals surface area contributed by atoms with Crippen LogP contribution in [-0.2, 0) is 0 Å². The van der Waals surface area contributed by atoms with Gasteiger partial charge in [-0.25, -0.2) is 4.39 Å². The molecule has 1 aromatic rings. The van der Waals surface area contributed by atoms with Crippen LogP contribution in [0.1, 0.15) is 35.7 Å². The molecule has 0 spiro atoms. The van der Waals surface area contributed by atoms with Crippen molar-refractivity contribution in [1.82, 2.24) is 5.32 Å². The maximum absolute atomic E-state index is 13.1. The van der Waals surface area contributed by atoms with Crippen LogP contribution in [0.4, 0.5) is 4.39 Å². The van der Waals surface area contributed by atoms with E-state index < -0.39 is 0 Å². The summed E-state index contributed by atoms with van der Waals surface area (Å²) in [4.78, 5) is 12.2. The van der Waals surface area contributed by atoms with Gasteiger partial charge in [-0.05, 0) is 37.1 Å². The van der Waals surface area contributed by atoms with Crippen LogP contribution < -0.4 is 11.1 Å². The fraction of sp³-hybridized carbons (Fsp3) is 0.385. The normalized spacial score (nSPS) is 11.9. The molecule has 0 aliphatic heterocycles. The third-order valence-electron chi connectivity index (χ3n) is 2.65. The van der Waals surface area contributed by atoms with Gasteiger partial charge in [0.05, 0.1) is 11.0 Å². The smallest absolute Gasteiger partial charge is 0.251 e. The molecular formula is C13H17FN2OS. The van der Waals surface area contributed by atoms with Gasteiger partial charge in [0.25, 0.3) is 5.91 Å². The lowest BCUT2D eigenvalue weighted by Gasteiger charge is -2.16. The van der Waals surface area contributed by atoms with E-state index in [-0.39, 0.29) is 22.8 Å². The molecule has 0 saturated heterocycles. The summed E-state index contributed by atoms with van der Waals surface area (Å²) in [6.07, 6.45) is 1.56. The second-order valence-corrected chi connectivity index (χ2v) is 4.65. The molecule has 0 heterocycles. The number of hydrogen-bond acceptors (Lipinski definition) is 2. The Bertz CT molecular complexity index is 462. The lowest BCUT2D eigenvalue weighted by atomic mass is 10.1. The fourth-order valence-electron chi connectivity index (χ4n) is 1.60. The number of amides is 1. The van der Waals surface area contributed by atoms with Crippen LogP contribution in [0, 0.1) is 12.7 Å². The first-order chi connectivity index (χ1) is 8.45. The monoisotopic (exact) mass is 268 g/mol. The van der Waals surface area contributed by atoms with Crippen molar-refractivity contribution in [1.29, 1.82) is 0 Å². The van der Waals surface area contributed by atoms with Gasteiger partial charge in [0, 0.05) is 5.56 Å². The minimum absolute atomic E-state index is 0.268. The molecule has 0 bridgehead atoms. The van der Waals surface area contributed by atoms with E-state index in [4.69, 9.17) is 18.0 Å². The largest absolute Gasteiger partial charge is 0.392 e. The van der Waals surface area contributed by atoms with Gasteiger partial charge in [-0.15, -0.1) is 0 Å². The van der Waals surface area contributed by atoms with E-state index in [9.17, 15) is 9.18 Å². The van der Waals surface area contributed by atoms with Gasteiger partial charge in [0.1, 0.15) is 5.82 Å². The van der Waals surface area contributed by atoms with Gasteiger partial charge < -0.3 is 11.1 Å². The topological polar surface area (TPSA) is 55.1 Å². The fourth-order valence-corrected chi connectivity index (χ4v) is 1.78. The number of halogens is 1. The lowest BCUT2D eigenvalue weighted by Crippen LogP contribution is -2.43. The van der Waals surface area contributed by atoms with Crippen LogP contribution in [0.2, 0.25) is 0 Å². The number of nitrogens with two attached hydrogens (primary N) is 1. The molecule has 0 saturated carbocycles. The molecule has 3 nitrogen and oxygen atoms in total. The van der Waals surface area contributed by atoms with Crippen molar-refractivity contribution in [3.63, 3.8) is 0 Å². The standard InChI is InChI=1S/C13H17FN2OS/c1-3-4-11(12(15)18)16-13(17)9-5-6-10(14)8(2)7-9/h5-7,11H,3-4H2,1-2H3,(H2,15,18)(H,16,17). The molecule has 1 rings (SSSR count). The van der Waals surface area contributed by atoms with E-state index >= 15 is 0 Å². The maximum Gasteiger partial charge on any atom is 0.251 e. The Morgan fingerprint density at radius 1 is 1.56 bits per heavy atom. The highest BCUT2D eigenvalue weighted by atomic mass is 32.1. The van der Waals surface area contributed by atoms with E-state index in [1.54, 1.807) is 6.92 Å². The zero-order valence-electron chi connectivity index (χ0n) is 10.5. The highest BCUT2D eigenvalue weighted by Crippen LogP contribution is 2.10. The highest BCUT2D eigenvalue weighted by Gasteiger charge is 2.15. The summed E-state index contributed by atoms with van der Waals surface area (Å²) in [5.74, 6) is -0.615. The molecule has 1 atom stereocenters. The second kappa shape index (κ2) is 6.44. The summed E-state index contributed by atoms with van der Waals surface area (Å²) >= 11 is 4.90. The summed E-state index contributed by atoms with van der Waals surface area (Å²) in [5, 5.41) is 2.75. The van der Waals surface area contributed by atoms with Crippen molar-refractivity contribution in [2.24, 2.45) is 5.73 Å². The van der Waals surface area contributed by atoms with Gasteiger partial charge in [0.2, 0.25) is 0 Å². The molecule has 1 amide bonds. The van der Waals surface area contributed by atoms with Gasteiger partial charge in [-0.3, -0.25) is 4.79 Å². The van der Waals surface area contributed by atoms with Crippen LogP contribution >= 0.6 is 12.2 Å². The van der Waals surface area contributed by atoms with Crippen LogP contribution in [0.5, 0.6) is 0 Å². The van der Waals surface area contributed by atoms with Crippen molar-refractivity contribution < 1.29 is 9.18 Å². The summed E-state index contributed by atoms with van der Waals surface area (Å²) in [5.41, 5.74) is 6.40. The van der Waals surface area contributed by atoms with Crippen LogP contribution in [0.15, 0.2) is 18.2 Å². The molecule has 3 N–H and O–H groups in total. The second-order valence-electron chi connectivity index (χ2n) is 4.18. The number of carbonyl (C=O) groups excluding carboxylic acids is 1. The molecule has 5 heteroatoms. The minimum Gasteiger partial charge on any atom is -0.392 e. The SMILES string of the molecule is CCCC(NC(=O)c1ccc(F)c(C)c1)C(N)=S. The molecule has 0 fully saturated rings. The molecule has 98 valence electrons. The predicted molar refractivity (Wildman–Crippen MR) is 74.1 cm³/mol. The molecular weight excluding hydrogens is 251 g/mol. The molecule has 0 aromatic heterocycles. The van der Waals surface area contributed by atoms with E-state index in [1.807, 2.05) is 6.92 Å². The number of nitrogens with one attached hydrogen (secondary N) is 1. The molecule has 0 aliphatic rings. The number of thiocarbonyl (C=S) groups is 1. The number of benzene rings is 1. The first kappa shape index (κ1) is 14.6. The zero-order valence-corrected chi connectivity index (χ0v) is 11.3. The van der Waals surface area contributed by atoms with Crippen molar-refractivity contribution in [3.8, 4) is 0 Å². The summed E-state index contributed by atoms with van der Waals surface area (Å²) in [6, 6.07) is 3.91. The van der Waals surface area contributed by atoms with Crippen molar-refractivity contribution >= 4 is 23.1 Å². The van der Waals surface area contributed by atoms with Gasteiger partial charge >= 0.3 is 0 Å². The first-order valence-corrected chi connectivity index (χ1v) is 6.22. The van der Waals surface area contributed by atoms with E-state index in [0.717, 1.165) is 6.42 Å². The Kier molecular flexibility index (Phi) is 5.22. The first-order valence-electron chi connectivity index (χ1n) is 5.82. The van der Waals surface area contributed by atoms with E-state index in [0.29, 0.717) is 17.5 Å². The summed E-state index contributed by atoms with van der Waals surface area (Å²) in [6.45, 7) is 3.60. The zero-order chi connectivity index (χ0) is 13.7. The number of hydrogen-bond donors (Lipinski definition) is 2. The quantitative estimate of drug-likeness (QED) is 0.806. The van der Waals surface area contributed by atoms with Crippen molar-refractivity contribution in [2.75, 3.05) is 0 Å². The molecule has 0 radical (unpaired) electrons. The van der Waals surface area contributed by atoms with Crippen LogP contribution in [0.3, 0.4) is 0 Å². The van der Waals surface area contributed by atoms with E-state index in [1.165, 1.54) is 18.2 Å². The average molecular weight is 268 g/mol. The van der Waals surface area contributed by atoms with Crippen molar-refractivity contribution in [3.05, 3.63) is 35.1 Å². The Morgan fingerprint density at radius 3 is 2.72 bits per heavy atom. The van der Waals surface area contributed by atoms with Gasteiger partial charge in [-0.2, -0.15) is 0 Å². The lowest BCUT2D eigenvalue weighted by molar-refractivity contribution is 0.0945. The summed E-state index contributed by atoms with van der Waals surface area (Å²) < 4.78 is 13.1. The number of rotatable bonds is 5. The van der Waals surface area contributed by atoms with Crippen LogP contribution in [-0.4, -0.2) is 16.9 Å².